The third-order valence-electron chi connectivity index (χ3n) is 3.97. The van der Waals surface area contributed by atoms with Crippen LogP contribution >= 0.6 is 22.9 Å². The van der Waals surface area contributed by atoms with Crippen LogP contribution in [0.15, 0.2) is 54.6 Å². The average Bonchev–Trinajstić information content (AvgIpc) is 3.11. The van der Waals surface area contributed by atoms with E-state index in [0.717, 1.165) is 15.5 Å². The van der Waals surface area contributed by atoms with Crippen molar-refractivity contribution < 1.29 is 9.53 Å². The van der Waals surface area contributed by atoms with Gasteiger partial charge in [-0.15, -0.1) is 0 Å². The zero-order valence-electron chi connectivity index (χ0n) is 13.7. The van der Waals surface area contributed by atoms with E-state index in [9.17, 15) is 4.79 Å². The molecule has 0 saturated carbocycles. The van der Waals surface area contributed by atoms with Gasteiger partial charge in [0.25, 0.3) is 5.91 Å². The number of thiazole rings is 1. The number of ether oxygens (including phenoxy) is 1. The van der Waals surface area contributed by atoms with Crippen LogP contribution < -0.4 is 15.6 Å². The van der Waals surface area contributed by atoms with Gasteiger partial charge in [0.05, 0.1) is 16.8 Å². The summed E-state index contributed by atoms with van der Waals surface area (Å²) in [4.78, 5) is 16.9. The molecule has 0 aliphatic carbocycles. The number of carbonyl (C=O) groups is 1. The van der Waals surface area contributed by atoms with Crippen molar-refractivity contribution in [3.63, 3.8) is 0 Å². The molecule has 1 heterocycles. The lowest BCUT2D eigenvalue weighted by atomic mass is 10.1. The Kier molecular flexibility index (Phi) is 4.36. The molecule has 1 amide bonds. The Balaban J connectivity index is 1.55. The molecule has 0 aliphatic rings. The van der Waals surface area contributed by atoms with Gasteiger partial charge in [0, 0.05) is 5.56 Å². The van der Waals surface area contributed by atoms with E-state index >= 15 is 0 Å². The van der Waals surface area contributed by atoms with Crippen molar-refractivity contribution in [2.45, 2.75) is 0 Å². The molecule has 7 heteroatoms. The quantitative estimate of drug-likeness (QED) is 0.493. The predicted molar refractivity (Wildman–Crippen MR) is 106 cm³/mol. The summed E-state index contributed by atoms with van der Waals surface area (Å²) in [5.74, 6) is 0.391. The lowest BCUT2D eigenvalue weighted by Gasteiger charge is -2.06. The first-order valence-corrected chi connectivity index (χ1v) is 9.03. The first-order chi connectivity index (χ1) is 12.7. The Labute approximate surface area is 158 Å². The average molecular weight is 384 g/mol. The summed E-state index contributed by atoms with van der Waals surface area (Å²) >= 11 is 7.56. The minimum absolute atomic E-state index is 0.243. The normalized spacial score (nSPS) is 10.8. The fourth-order valence-electron chi connectivity index (χ4n) is 2.68. The number of hydrogen-bond acceptors (Lipinski definition) is 5. The summed E-state index contributed by atoms with van der Waals surface area (Å²) in [6.45, 7) is 0. The molecule has 4 aromatic rings. The molecule has 5 nitrogen and oxygen atoms in total. The molecule has 0 fully saturated rings. The van der Waals surface area contributed by atoms with Gasteiger partial charge in [-0.25, -0.2) is 4.98 Å². The van der Waals surface area contributed by atoms with Crippen molar-refractivity contribution in [2.75, 3.05) is 12.5 Å². The molecule has 0 bridgehead atoms. The lowest BCUT2D eigenvalue weighted by molar-refractivity contribution is 0.0963. The van der Waals surface area contributed by atoms with E-state index in [1.807, 2.05) is 36.4 Å². The Morgan fingerprint density at radius 2 is 1.92 bits per heavy atom. The number of fused-ring (bicyclic) bond motifs is 2. The molecule has 1 aromatic heterocycles. The standard InChI is InChI=1S/C19H14ClN3O2S/c1-25-15-9-8-14(20)17-16(15)21-19(26-17)23-22-18(24)13-7-6-11-4-2-3-5-12(11)10-13/h2-10H,1H3,(H,21,23)(H,22,24). The number of hydrogen-bond donors (Lipinski definition) is 2. The third-order valence-corrected chi connectivity index (χ3v) is 5.40. The SMILES string of the molecule is COc1ccc(Cl)c2sc(NNC(=O)c3ccc4ccccc4c3)nc12. The molecule has 0 spiro atoms. The van der Waals surface area contributed by atoms with Crippen LogP contribution in [-0.2, 0) is 0 Å². The van der Waals surface area contributed by atoms with E-state index in [2.05, 4.69) is 15.8 Å². The number of benzene rings is 3. The summed E-state index contributed by atoms with van der Waals surface area (Å²) in [5, 5.41) is 3.22. The molecule has 3 aromatic carbocycles. The minimum atomic E-state index is -0.243. The lowest BCUT2D eigenvalue weighted by Crippen LogP contribution is -2.29. The van der Waals surface area contributed by atoms with Crippen molar-refractivity contribution in [3.05, 3.63) is 65.2 Å². The highest BCUT2D eigenvalue weighted by molar-refractivity contribution is 7.22. The molecule has 2 N–H and O–H groups in total. The first kappa shape index (κ1) is 16.6. The summed E-state index contributed by atoms with van der Waals surface area (Å²) in [6.07, 6.45) is 0. The van der Waals surface area contributed by atoms with Gasteiger partial charge in [0.1, 0.15) is 11.3 Å². The van der Waals surface area contributed by atoms with Crippen molar-refractivity contribution in [2.24, 2.45) is 0 Å². The molecular weight excluding hydrogens is 370 g/mol. The molecule has 26 heavy (non-hydrogen) atoms. The van der Waals surface area contributed by atoms with E-state index < -0.39 is 0 Å². The van der Waals surface area contributed by atoms with Gasteiger partial charge in [0.2, 0.25) is 5.13 Å². The summed E-state index contributed by atoms with van der Waals surface area (Å²) in [5.41, 5.74) is 6.75. The van der Waals surface area contributed by atoms with E-state index in [1.54, 1.807) is 25.3 Å². The third kappa shape index (κ3) is 3.05. The van der Waals surface area contributed by atoms with Crippen LogP contribution in [-0.4, -0.2) is 18.0 Å². The van der Waals surface area contributed by atoms with Gasteiger partial charge in [0.15, 0.2) is 0 Å². The fraction of sp³-hybridized carbons (Fsp3) is 0.0526. The van der Waals surface area contributed by atoms with E-state index in [4.69, 9.17) is 16.3 Å². The molecule has 0 saturated heterocycles. The van der Waals surface area contributed by atoms with Crippen LogP contribution in [0.2, 0.25) is 5.02 Å². The van der Waals surface area contributed by atoms with E-state index in [0.29, 0.717) is 27.0 Å². The largest absolute Gasteiger partial charge is 0.494 e. The number of halogens is 1. The van der Waals surface area contributed by atoms with Gasteiger partial charge in [-0.1, -0.05) is 53.3 Å². The number of nitrogens with one attached hydrogen (secondary N) is 2. The Morgan fingerprint density at radius 1 is 1.12 bits per heavy atom. The number of rotatable bonds is 4. The van der Waals surface area contributed by atoms with Gasteiger partial charge < -0.3 is 4.74 Å². The van der Waals surface area contributed by atoms with Gasteiger partial charge in [-0.05, 0) is 35.0 Å². The maximum absolute atomic E-state index is 12.4. The zero-order valence-corrected chi connectivity index (χ0v) is 15.3. The number of methoxy groups -OCH3 is 1. The molecule has 0 radical (unpaired) electrons. The Morgan fingerprint density at radius 3 is 2.73 bits per heavy atom. The Hall–Kier alpha value is -2.83. The molecule has 0 unspecified atom stereocenters. The highest BCUT2D eigenvalue weighted by atomic mass is 35.5. The molecule has 130 valence electrons. The van der Waals surface area contributed by atoms with Crippen LogP contribution in [0.4, 0.5) is 5.13 Å². The number of anilines is 1. The number of aromatic nitrogens is 1. The van der Waals surface area contributed by atoms with E-state index in [-0.39, 0.29) is 5.91 Å². The number of nitrogens with zero attached hydrogens (tertiary/aromatic N) is 1. The molecule has 4 rings (SSSR count). The topological polar surface area (TPSA) is 63.2 Å². The van der Waals surface area contributed by atoms with Crippen molar-refractivity contribution in [1.29, 1.82) is 0 Å². The van der Waals surface area contributed by atoms with Crippen molar-refractivity contribution in [1.82, 2.24) is 10.4 Å². The number of carbonyl (C=O) groups excluding carboxylic acids is 1. The number of amides is 1. The van der Waals surface area contributed by atoms with Gasteiger partial charge in [-0.2, -0.15) is 0 Å². The van der Waals surface area contributed by atoms with Crippen molar-refractivity contribution >= 4 is 55.0 Å². The number of hydrazine groups is 1. The summed E-state index contributed by atoms with van der Waals surface area (Å²) in [7, 11) is 1.58. The smallest absolute Gasteiger partial charge is 0.269 e. The first-order valence-electron chi connectivity index (χ1n) is 7.84. The molecule has 0 aliphatic heterocycles. The summed E-state index contributed by atoms with van der Waals surface area (Å²) < 4.78 is 6.10. The zero-order chi connectivity index (χ0) is 18.1. The molecule has 0 atom stereocenters. The second-order valence-corrected chi connectivity index (χ2v) is 6.99. The minimum Gasteiger partial charge on any atom is -0.494 e. The highest BCUT2D eigenvalue weighted by Gasteiger charge is 2.13. The fourth-order valence-corrected chi connectivity index (χ4v) is 3.79. The maximum atomic E-state index is 12.4. The van der Waals surface area contributed by atoms with Crippen LogP contribution in [0, 0.1) is 0 Å². The predicted octanol–water partition coefficient (Wildman–Crippen LogP) is 4.87. The summed E-state index contributed by atoms with van der Waals surface area (Å²) in [6, 6.07) is 17.0. The second-order valence-electron chi connectivity index (χ2n) is 5.59. The molecular formula is C19H14ClN3O2S. The van der Waals surface area contributed by atoms with Gasteiger partial charge >= 0.3 is 0 Å². The van der Waals surface area contributed by atoms with Crippen LogP contribution in [0.25, 0.3) is 21.0 Å². The monoisotopic (exact) mass is 383 g/mol. The van der Waals surface area contributed by atoms with Crippen molar-refractivity contribution in [3.8, 4) is 5.75 Å². The highest BCUT2D eigenvalue weighted by Crippen LogP contribution is 2.37. The second kappa shape index (κ2) is 6.82. The maximum Gasteiger partial charge on any atom is 0.269 e. The van der Waals surface area contributed by atoms with Crippen LogP contribution in [0.1, 0.15) is 10.4 Å². The van der Waals surface area contributed by atoms with Crippen LogP contribution in [0.3, 0.4) is 0 Å². The Bertz CT molecular complexity index is 1130. The van der Waals surface area contributed by atoms with E-state index in [1.165, 1.54) is 11.3 Å². The van der Waals surface area contributed by atoms with Gasteiger partial charge in [-0.3, -0.25) is 15.6 Å². The van der Waals surface area contributed by atoms with Crippen LogP contribution in [0.5, 0.6) is 5.75 Å².